The van der Waals surface area contributed by atoms with E-state index in [1.165, 1.54) is 70.8 Å². The van der Waals surface area contributed by atoms with Crippen LogP contribution in [-0.2, 0) is 0 Å². The Bertz CT molecular complexity index is 218. The lowest BCUT2D eigenvalue weighted by atomic mass is 9.85. The molecular weight excluding hydrogens is 230 g/mol. The van der Waals surface area contributed by atoms with Crippen molar-refractivity contribution in [3.05, 3.63) is 25.3 Å². The summed E-state index contributed by atoms with van der Waals surface area (Å²) in [5.74, 6) is 0. The molecule has 0 aliphatic carbocycles. The van der Waals surface area contributed by atoms with Crippen LogP contribution in [0.15, 0.2) is 25.3 Å². The molecule has 1 fully saturated rings. The van der Waals surface area contributed by atoms with Gasteiger partial charge in [0.2, 0.25) is 0 Å². The molecule has 1 rings (SSSR count). The summed E-state index contributed by atoms with van der Waals surface area (Å²) < 4.78 is 0. The highest BCUT2D eigenvalue weighted by atomic mass is 15.0. The van der Waals surface area contributed by atoms with E-state index in [2.05, 4.69) is 30.6 Å². The fourth-order valence-electron chi connectivity index (χ4n) is 3.40. The molecule has 0 aromatic heterocycles. The molecule has 1 nitrogen and oxygen atoms in total. The summed E-state index contributed by atoms with van der Waals surface area (Å²) in [6.07, 6.45) is 20.6. The van der Waals surface area contributed by atoms with Gasteiger partial charge in [0.15, 0.2) is 0 Å². The second kappa shape index (κ2) is 10.3. The number of hydrogen-bond donors (Lipinski definition) is 1. The molecule has 1 heterocycles. The third-order valence-electron chi connectivity index (χ3n) is 4.56. The van der Waals surface area contributed by atoms with E-state index >= 15 is 0 Å². The molecule has 0 amide bonds. The van der Waals surface area contributed by atoms with Gasteiger partial charge in [0, 0.05) is 19.3 Å². The number of rotatable bonds is 4. The van der Waals surface area contributed by atoms with Gasteiger partial charge in [-0.15, -0.1) is 13.2 Å². The molecule has 2 N–H and O–H groups in total. The minimum absolute atomic E-state index is 0.359. The van der Waals surface area contributed by atoms with Crippen LogP contribution in [0.3, 0.4) is 0 Å². The second-order valence-electron chi connectivity index (χ2n) is 6.27. The first-order chi connectivity index (χ1) is 9.33. The van der Waals surface area contributed by atoms with E-state index < -0.39 is 0 Å². The first-order valence-corrected chi connectivity index (χ1v) is 8.39. The molecule has 0 aromatic carbocycles. The minimum Gasteiger partial charge on any atom is -0.341 e. The number of quaternary nitrogens is 1. The normalized spacial score (nSPS) is 22.5. The monoisotopic (exact) mass is 264 g/mol. The molecule has 0 atom stereocenters. The second-order valence-corrected chi connectivity index (χ2v) is 6.27. The van der Waals surface area contributed by atoms with Crippen LogP contribution in [0.4, 0.5) is 0 Å². The van der Waals surface area contributed by atoms with Gasteiger partial charge in [0.25, 0.3) is 0 Å². The van der Waals surface area contributed by atoms with E-state index in [4.69, 9.17) is 0 Å². The summed E-state index contributed by atoms with van der Waals surface area (Å²) in [7, 11) is 0. The number of nitrogens with two attached hydrogens (primary N) is 1. The molecular formula is C18H34N+. The van der Waals surface area contributed by atoms with Crippen LogP contribution in [0.2, 0.25) is 0 Å². The highest BCUT2D eigenvalue weighted by Crippen LogP contribution is 2.21. The van der Waals surface area contributed by atoms with E-state index in [0.717, 1.165) is 12.8 Å². The zero-order chi connectivity index (χ0) is 13.8. The molecule has 0 radical (unpaired) electrons. The van der Waals surface area contributed by atoms with Crippen molar-refractivity contribution >= 4 is 0 Å². The Morgan fingerprint density at radius 2 is 1.21 bits per heavy atom. The maximum Gasteiger partial charge on any atom is 0.103 e. The van der Waals surface area contributed by atoms with Gasteiger partial charge in [-0.1, -0.05) is 50.7 Å². The van der Waals surface area contributed by atoms with E-state index in [1.54, 1.807) is 0 Å². The molecule has 1 saturated heterocycles. The lowest BCUT2D eigenvalue weighted by Crippen LogP contribution is -2.96. The van der Waals surface area contributed by atoms with Crippen LogP contribution in [0.25, 0.3) is 0 Å². The summed E-state index contributed by atoms with van der Waals surface area (Å²) in [5.41, 5.74) is 0.359. The van der Waals surface area contributed by atoms with E-state index in [9.17, 15) is 0 Å². The largest absolute Gasteiger partial charge is 0.341 e. The molecule has 0 spiro atoms. The molecule has 0 unspecified atom stereocenters. The van der Waals surface area contributed by atoms with Gasteiger partial charge in [-0.3, -0.25) is 0 Å². The molecule has 1 aliphatic heterocycles. The third-order valence-corrected chi connectivity index (χ3v) is 4.56. The van der Waals surface area contributed by atoms with E-state index in [-0.39, 0.29) is 0 Å². The summed E-state index contributed by atoms with van der Waals surface area (Å²) >= 11 is 0. The van der Waals surface area contributed by atoms with Gasteiger partial charge in [0.1, 0.15) is 5.54 Å². The molecule has 0 saturated carbocycles. The maximum absolute atomic E-state index is 3.97. The predicted octanol–water partition coefficient (Wildman–Crippen LogP) is 4.36. The lowest BCUT2D eigenvalue weighted by Gasteiger charge is -2.30. The molecule has 0 bridgehead atoms. The summed E-state index contributed by atoms with van der Waals surface area (Å²) in [4.78, 5) is 0. The van der Waals surface area contributed by atoms with Crippen molar-refractivity contribution in [3.63, 3.8) is 0 Å². The Hall–Kier alpha value is -0.560. The van der Waals surface area contributed by atoms with Crippen molar-refractivity contribution in [1.82, 2.24) is 0 Å². The standard InChI is InChI=1S/C18H33N/c1-3-14-18(15-4-2)16-12-10-8-6-5-7-9-11-13-17-19-18/h3-4,19H,1-2,5-17H2/p+1. The quantitative estimate of drug-likeness (QED) is 0.727. The fourth-order valence-corrected chi connectivity index (χ4v) is 3.40. The molecule has 19 heavy (non-hydrogen) atoms. The van der Waals surface area contributed by atoms with Gasteiger partial charge in [0.05, 0.1) is 6.54 Å². The average Bonchev–Trinajstić information content (AvgIpc) is 2.42. The molecule has 0 aromatic rings. The number of hydrogen-bond acceptors (Lipinski definition) is 0. The van der Waals surface area contributed by atoms with Crippen LogP contribution < -0.4 is 5.32 Å². The smallest absolute Gasteiger partial charge is 0.103 e. The van der Waals surface area contributed by atoms with Crippen molar-refractivity contribution < 1.29 is 5.32 Å². The average molecular weight is 264 g/mol. The molecule has 1 aliphatic rings. The van der Waals surface area contributed by atoms with Crippen molar-refractivity contribution in [3.8, 4) is 0 Å². The van der Waals surface area contributed by atoms with Gasteiger partial charge >= 0.3 is 0 Å². The lowest BCUT2D eigenvalue weighted by molar-refractivity contribution is -0.728. The van der Waals surface area contributed by atoms with Gasteiger partial charge in [-0.05, 0) is 19.3 Å². The summed E-state index contributed by atoms with van der Waals surface area (Å²) in [5, 5.41) is 2.61. The Morgan fingerprint density at radius 1 is 0.737 bits per heavy atom. The van der Waals surface area contributed by atoms with Crippen LogP contribution in [0, 0.1) is 0 Å². The Balaban J connectivity index is 2.55. The van der Waals surface area contributed by atoms with Crippen molar-refractivity contribution in [2.75, 3.05) is 6.54 Å². The zero-order valence-electron chi connectivity index (χ0n) is 12.8. The Morgan fingerprint density at radius 3 is 1.74 bits per heavy atom. The van der Waals surface area contributed by atoms with Gasteiger partial charge in [-0.2, -0.15) is 0 Å². The van der Waals surface area contributed by atoms with Crippen LogP contribution in [0.5, 0.6) is 0 Å². The first kappa shape index (κ1) is 16.5. The topological polar surface area (TPSA) is 16.6 Å². The Kier molecular flexibility index (Phi) is 8.90. The zero-order valence-corrected chi connectivity index (χ0v) is 12.8. The van der Waals surface area contributed by atoms with Crippen molar-refractivity contribution in [2.24, 2.45) is 0 Å². The van der Waals surface area contributed by atoms with Gasteiger partial charge in [-0.25, -0.2) is 0 Å². The maximum atomic E-state index is 3.97. The first-order valence-electron chi connectivity index (χ1n) is 8.39. The SMILES string of the molecule is C=CCC1(CC=C)CCCCCCCCCCC[NH2+]1. The van der Waals surface area contributed by atoms with Crippen LogP contribution in [0.1, 0.15) is 77.0 Å². The van der Waals surface area contributed by atoms with Crippen molar-refractivity contribution in [2.45, 2.75) is 82.6 Å². The van der Waals surface area contributed by atoms with Gasteiger partial charge < -0.3 is 5.32 Å². The van der Waals surface area contributed by atoms with Crippen LogP contribution in [-0.4, -0.2) is 12.1 Å². The summed E-state index contributed by atoms with van der Waals surface area (Å²) in [6.45, 7) is 9.22. The third kappa shape index (κ3) is 6.96. The highest BCUT2D eigenvalue weighted by Gasteiger charge is 2.30. The van der Waals surface area contributed by atoms with E-state index in [1.807, 2.05) is 0 Å². The van der Waals surface area contributed by atoms with E-state index in [0.29, 0.717) is 5.54 Å². The van der Waals surface area contributed by atoms with Crippen molar-refractivity contribution in [1.29, 1.82) is 0 Å². The summed E-state index contributed by atoms with van der Waals surface area (Å²) in [6, 6.07) is 0. The highest BCUT2D eigenvalue weighted by molar-refractivity contribution is 4.91. The predicted molar refractivity (Wildman–Crippen MR) is 85.3 cm³/mol. The fraction of sp³-hybridized carbons (Fsp3) is 0.778. The van der Waals surface area contributed by atoms with Crippen LogP contribution >= 0.6 is 0 Å². The minimum atomic E-state index is 0.359. The molecule has 110 valence electrons. The molecule has 1 heteroatoms. The Labute approximate surface area is 120 Å².